The van der Waals surface area contributed by atoms with Gasteiger partial charge in [-0.2, -0.15) is 0 Å². The molecule has 0 aliphatic heterocycles. The van der Waals surface area contributed by atoms with Crippen molar-refractivity contribution in [2.24, 2.45) is 0 Å². The van der Waals surface area contributed by atoms with Gasteiger partial charge in [0.05, 0.1) is 12.7 Å². The Labute approximate surface area is 167 Å². The molecule has 0 aliphatic rings. The Hall–Kier alpha value is -4.00. The largest absolute Gasteiger partial charge is 0.465 e. The fraction of sp³-hybridized carbons (Fsp3) is 0.0909. The number of aryl methyl sites for hydroxylation is 1. The number of ether oxygens (including phenoxy) is 1. The Balaban J connectivity index is 1.74. The number of methoxy groups -OCH3 is 1. The molecule has 0 saturated carbocycles. The lowest BCUT2D eigenvalue weighted by molar-refractivity contribution is 0.0600. The van der Waals surface area contributed by atoms with E-state index in [1.807, 2.05) is 25.1 Å². The summed E-state index contributed by atoms with van der Waals surface area (Å²) in [5, 5.41) is 5.45. The van der Waals surface area contributed by atoms with Crippen molar-refractivity contribution in [1.82, 2.24) is 4.98 Å². The van der Waals surface area contributed by atoms with Crippen molar-refractivity contribution in [2.45, 2.75) is 6.92 Å². The van der Waals surface area contributed by atoms with Gasteiger partial charge in [-0.15, -0.1) is 0 Å². The van der Waals surface area contributed by atoms with Gasteiger partial charge in [-0.25, -0.2) is 4.79 Å². The summed E-state index contributed by atoms with van der Waals surface area (Å²) in [7, 11) is 1.29. The molecule has 3 aromatic rings. The van der Waals surface area contributed by atoms with Crippen LogP contribution in [0.2, 0.25) is 0 Å². The highest BCUT2D eigenvalue weighted by Gasteiger charge is 2.13. The molecule has 2 aromatic carbocycles. The second-order valence-corrected chi connectivity index (χ2v) is 6.28. The molecule has 0 radical (unpaired) electrons. The Kier molecular flexibility index (Phi) is 5.99. The number of nitrogens with one attached hydrogen (secondary N) is 2. The van der Waals surface area contributed by atoms with Crippen LogP contribution in [0.25, 0.3) is 0 Å². The molecule has 7 heteroatoms. The van der Waals surface area contributed by atoms with Crippen LogP contribution in [-0.4, -0.2) is 29.9 Å². The fourth-order valence-electron chi connectivity index (χ4n) is 2.66. The van der Waals surface area contributed by atoms with Crippen LogP contribution in [-0.2, 0) is 4.74 Å². The number of carbonyl (C=O) groups is 3. The molecule has 29 heavy (non-hydrogen) atoms. The van der Waals surface area contributed by atoms with Crippen LogP contribution in [0.15, 0.2) is 66.9 Å². The maximum atomic E-state index is 12.6. The van der Waals surface area contributed by atoms with Crippen LogP contribution < -0.4 is 10.6 Å². The molecule has 0 atom stereocenters. The summed E-state index contributed by atoms with van der Waals surface area (Å²) in [4.78, 5) is 40.7. The molecule has 2 amide bonds. The number of esters is 1. The zero-order valence-corrected chi connectivity index (χ0v) is 15.9. The van der Waals surface area contributed by atoms with Gasteiger partial charge in [0, 0.05) is 23.1 Å². The predicted octanol–water partition coefficient (Wildman–Crippen LogP) is 3.68. The first kappa shape index (κ1) is 19.8. The fourth-order valence-corrected chi connectivity index (χ4v) is 2.66. The van der Waals surface area contributed by atoms with E-state index < -0.39 is 17.8 Å². The number of hydrogen-bond donors (Lipinski definition) is 2. The summed E-state index contributed by atoms with van der Waals surface area (Å²) >= 11 is 0. The second-order valence-electron chi connectivity index (χ2n) is 6.28. The first-order valence-electron chi connectivity index (χ1n) is 8.80. The smallest absolute Gasteiger partial charge is 0.337 e. The number of anilines is 2. The van der Waals surface area contributed by atoms with Crippen molar-refractivity contribution in [3.8, 4) is 0 Å². The number of hydrogen-bond acceptors (Lipinski definition) is 5. The summed E-state index contributed by atoms with van der Waals surface area (Å²) in [6.45, 7) is 1.92. The van der Waals surface area contributed by atoms with Crippen LogP contribution in [0, 0.1) is 6.92 Å². The van der Waals surface area contributed by atoms with E-state index >= 15 is 0 Å². The van der Waals surface area contributed by atoms with Crippen molar-refractivity contribution in [3.63, 3.8) is 0 Å². The first-order chi connectivity index (χ1) is 14.0. The third-order valence-electron chi connectivity index (χ3n) is 4.07. The molecular weight excluding hydrogens is 370 g/mol. The van der Waals surface area contributed by atoms with E-state index in [1.165, 1.54) is 31.5 Å². The second kappa shape index (κ2) is 8.79. The van der Waals surface area contributed by atoms with Crippen molar-refractivity contribution in [2.75, 3.05) is 17.7 Å². The van der Waals surface area contributed by atoms with E-state index in [9.17, 15) is 14.4 Å². The highest BCUT2D eigenvalue weighted by Crippen LogP contribution is 2.15. The van der Waals surface area contributed by atoms with E-state index in [4.69, 9.17) is 0 Å². The van der Waals surface area contributed by atoms with Gasteiger partial charge in [-0.05, 0) is 55.0 Å². The molecule has 0 bridgehead atoms. The first-order valence-corrected chi connectivity index (χ1v) is 8.80. The summed E-state index contributed by atoms with van der Waals surface area (Å²) < 4.78 is 4.67. The molecule has 0 unspecified atom stereocenters. The van der Waals surface area contributed by atoms with E-state index in [0.29, 0.717) is 16.9 Å². The topological polar surface area (TPSA) is 97.4 Å². The minimum Gasteiger partial charge on any atom is -0.465 e. The Morgan fingerprint density at radius 1 is 0.828 bits per heavy atom. The lowest BCUT2D eigenvalue weighted by Crippen LogP contribution is -2.17. The quantitative estimate of drug-likeness (QED) is 0.649. The maximum absolute atomic E-state index is 12.6. The van der Waals surface area contributed by atoms with Gasteiger partial charge in [-0.1, -0.05) is 18.2 Å². The maximum Gasteiger partial charge on any atom is 0.337 e. The molecule has 0 spiro atoms. The number of carbonyl (C=O) groups excluding carboxylic acids is 3. The van der Waals surface area contributed by atoms with Crippen LogP contribution in [0.4, 0.5) is 11.4 Å². The molecule has 0 fully saturated rings. The Bertz CT molecular complexity index is 1080. The van der Waals surface area contributed by atoms with Gasteiger partial charge in [-0.3, -0.25) is 14.6 Å². The van der Waals surface area contributed by atoms with Gasteiger partial charge in [0.1, 0.15) is 5.69 Å². The average molecular weight is 389 g/mol. The van der Waals surface area contributed by atoms with E-state index in [1.54, 1.807) is 24.3 Å². The Morgan fingerprint density at radius 3 is 2.24 bits per heavy atom. The monoisotopic (exact) mass is 389 g/mol. The van der Waals surface area contributed by atoms with Crippen LogP contribution >= 0.6 is 0 Å². The Morgan fingerprint density at radius 2 is 1.52 bits per heavy atom. The van der Waals surface area contributed by atoms with E-state index in [2.05, 4.69) is 20.4 Å². The minimum absolute atomic E-state index is 0.113. The molecule has 146 valence electrons. The minimum atomic E-state index is -0.500. The number of rotatable bonds is 5. The van der Waals surface area contributed by atoms with Crippen molar-refractivity contribution in [3.05, 3.63) is 89.2 Å². The van der Waals surface area contributed by atoms with Gasteiger partial charge in [0.2, 0.25) is 0 Å². The molecule has 2 N–H and O–H groups in total. The zero-order valence-electron chi connectivity index (χ0n) is 15.9. The lowest BCUT2D eigenvalue weighted by Gasteiger charge is -2.09. The normalized spacial score (nSPS) is 10.1. The van der Waals surface area contributed by atoms with Gasteiger partial charge >= 0.3 is 5.97 Å². The van der Waals surface area contributed by atoms with Crippen LogP contribution in [0.1, 0.15) is 36.8 Å². The number of nitrogens with zero attached hydrogens (tertiary/aromatic N) is 1. The summed E-state index contributed by atoms with van der Waals surface area (Å²) in [5.74, 6) is -1.35. The molecule has 0 saturated heterocycles. The van der Waals surface area contributed by atoms with Gasteiger partial charge < -0.3 is 15.4 Å². The predicted molar refractivity (Wildman–Crippen MR) is 109 cm³/mol. The molecule has 7 nitrogen and oxygen atoms in total. The standard InChI is InChI=1S/C22H19N3O4/c1-14-5-3-7-17(11-14)25-21(27)19-13-15(9-10-23-19)20(26)24-18-8-4-6-16(12-18)22(28)29-2/h3-13H,1-2H3,(H,24,26)(H,25,27). The molecular formula is C22H19N3O4. The zero-order chi connectivity index (χ0) is 20.8. The van der Waals surface area contributed by atoms with Crippen molar-refractivity contribution in [1.29, 1.82) is 0 Å². The molecule has 3 rings (SSSR count). The van der Waals surface area contributed by atoms with Crippen LogP contribution in [0.3, 0.4) is 0 Å². The third-order valence-corrected chi connectivity index (χ3v) is 4.07. The van der Waals surface area contributed by atoms with Crippen molar-refractivity contribution >= 4 is 29.2 Å². The van der Waals surface area contributed by atoms with E-state index in [-0.39, 0.29) is 11.3 Å². The van der Waals surface area contributed by atoms with Gasteiger partial charge in [0.25, 0.3) is 11.8 Å². The average Bonchev–Trinajstić information content (AvgIpc) is 2.73. The molecule has 1 heterocycles. The highest BCUT2D eigenvalue weighted by molar-refractivity contribution is 6.08. The number of amides is 2. The number of aromatic nitrogens is 1. The summed E-state index contributed by atoms with van der Waals surface area (Å²) in [6.07, 6.45) is 1.39. The van der Waals surface area contributed by atoms with E-state index in [0.717, 1.165) is 5.56 Å². The highest BCUT2D eigenvalue weighted by atomic mass is 16.5. The molecule has 0 aliphatic carbocycles. The summed E-state index contributed by atoms with van der Waals surface area (Å²) in [6, 6.07) is 16.7. The van der Waals surface area contributed by atoms with Crippen molar-refractivity contribution < 1.29 is 19.1 Å². The van der Waals surface area contributed by atoms with Crippen LogP contribution in [0.5, 0.6) is 0 Å². The molecule has 1 aromatic heterocycles. The SMILES string of the molecule is COC(=O)c1cccc(NC(=O)c2ccnc(C(=O)Nc3cccc(C)c3)c2)c1. The third kappa shape index (κ3) is 5.04. The van der Waals surface area contributed by atoms with Gasteiger partial charge in [0.15, 0.2) is 0 Å². The lowest BCUT2D eigenvalue weighted by atomic mass is 10.1. The number of pyridine rings is 1. The summed E-state index contributed by atoms with van der Waals surface area (Å²) in [5.41, 5.74) is 2.78. The number of benzene rings is 2.